The van der Waals surface area contributed by atoms with Crippen LogP contribution >= 0.6 is 11.8 Å². The lowest BCUT2D eigenvalue weighted by Gasteiger charge is -2.34. The molecule has 0 aromatic heterocycles. The Bertz CT molecular complexity index is 273. The fourth-order valence-corrected chi connectivity index (χ4v) is 3.58. The molecule has 104 valence electrons. The lowest BCUT2D eigenvalue weighted by molar-refractivity contribution is -0.128. The zero-order valence-electron chi connectivity index (χ0n) is 11.3. The fourth-order valence-electron chi connectivity index (χ4n) is 2.60. The third kappa shape index (κ3) is 3.87. The van der Waals surface area contributed by atoms with Crippen LogP contribution in [0.15, 0.2) is 0 Å². The molecule has 2 saturated heterocycles. The van der Waals surface area contributed by atoms with Gasteiger partial charge in [0.25, 0.3) is 0 Å². The number of nitrogens with one attached hydrogen (secondary N) is 2. The van der Waals surface area contributed by atoms with E-state index in [0.29, 0.717) is 0 Å². The van der Waals surface area contributed by atoms with Crippen LogP contribution in [0.1, 0.15) is 26.2 Å². The maximum atomic E-state index is 12.2. The van der Waals surface area contributed by atoms with E-state index in [9.17, 15) is 4.79 Å². The van der Waals surface area contributed by atoms with Crippen molar-refractivity contribution in [3.63, 3.8) is 0 Å². The third-order valence-corrected chi connectivity index (χ3v) is 4.88. The van der Waals surface area contributed by atoms with Crippen molar-refractivity contribution in [1.82, 2.24) is 15.5 Å². The van der Waals surface area contributed by atoms with E-state index in [4.69, 9.17) is 0 Å². The van der Waals surface area contributed by atoms with Crippen LogP contribution in [-0.4, -0.2) is 60.6 Å². The number of rotatable bonds is 4. The van der Waals surface area contributed by atoms with Crippen molar-refractivity contribution in [2.45, 2.75) is 31.7 Å². The number of hydrogen-bond donors (Lipinski definition) is 2. The number of nitrogens with zero attached hydrogens (tertiary/aromatic N) is 1. The summed E-state index contributed by atoms with van der Waals surface area (Å²) >= 11 is 2.02. The van der Waals surface area contributed by atoms with Gasteiger partial charge in [-0.05, 0) is 32.7 Å². The first-order valence-corrected chi connectivity index (χ1v) is 8.20. The summed E-state index contributed by atoms with van der Waals surface area (Å²) in [4.78, 5) is 14.6. The van der Waals surface area contributed by atoms with Gasteiger partial charge >= 0.3 is 0 Å². The first-order chi connectivity index (χ1) is 8.71. The highest BCUT2D eigenvalue weighted by atomic mass is 32.2. The molecule has 0 aliphatic carbocycles. The first kappa shape index (κ1) is 14.2. The summed E-state index contributed by atoms with van der Waals surface area (Å²) in [5, 5.41) is 6.44. The second kappa shape index (κ2) is 6.78. The van der Waals surface area contributed by atoms with Gasteiger partial charge in [0, 0.05) is 37.7 Å². The maximum Gasteiger partial charge on any atom is 0.240 e. The number of hydrogen-bond acceptors (Lipinski definition) is 4. The van der Waals surface area contributed by atoms with Gasteiger partial charge in [-0.2, -0.15) is 11.8 Å². The van der Waals surface area contributed by atoms with Crippen molar-refractivity contribution in [2.75, 3.05) is 44.2 Å². The molecule has 1 amide bonds. The highest BCUT2D eigenvalue weighted by Gasteiger charge is 2.33. The highest BCUT2D eigenvalue weighted by molar-refractivity contribution is 7.99. The summed E-state index contributed by atoms with van der Waals surface area (Å²) in [6.07, 6.45) is 3.30. The Labute approximate surface area is 114 Å². The standard InChI is InChI=1S/C13H25N3OS/c1-13(4-2-3-5-15-13)12(17)14-6-7-16-8-10-18-11-9-16/h15H,2-11H2,1H3,(H,14,17). The van der Waals surface area contributed by atoms with Crippen LogP contribution in [0, 0.1) is 0 Å². The van der Waals surface area contributed by atoms with Crippen molar-refractivity contribution >= 4 is 17.7 Å². The molecule has 18 heavy (non-hydrogen) atoms. The van der Waals surface area contributed by atoms with Crippen LogP contribution in [0.5, 0.6) is 0 Å². The molecule has 5 heteroatoms. The van der Waals surface area contributed by atoms with Crippen molar-refractivity contribution in [2.24, 2.45) is 0 Å². The zero-order chi connectivity index (χ0) is 12.8. The number of piperidine rings is 1. The molecular weight excluding hydrogens is 246 g/mol. The normalized spacial score (nSPS) is 30.1. The van der Waals surface area contributed by atoms with Crippen molar-refractivity contribution in [1.29, 1.82) is 0 Å². The molecular formula is C13H25N3OS. The molecule has 0 aromatic rings. The second-order valence-corrected chi connectivity index (χ2v) is 6.65. The van der Waals surface area contributed by atoms with Crippen molar-refractivity contribution < 1.29 is 4.79 Å². The largest absolute Gasteiger partial charge is 0.353 e. The molecule has 1 unspecified atom stereocenters. The average Bonchev–Trinajstić information content (AvgIpc) is 2.41. The molecule has 2 rings (SSSR count). The van der Waals surface area contributed by atoms with Crippen LogP contribution in [0.25, 0.3) is 0 Å². The molecule has 0 bridgehead atoms. The van der Waals surface area contributed by atoms with Crippen LogP contribution in [0.3, 0.4) is 0 Å². The van der Waals surface area contributed by atoms with Crippen LogP contribution < -0.4 is 10.6 Å². The molecule has 2 heterocycles. The summed E-state index contributed by atoms with van der Waals surface area (Å²) in [5.74, 6) is 2.63. The van der Waals surface area contributed by atoms with Gasteiger partial charge in [0.2, 0.25) is 5.91 Å². The maximum absolute atomic E-state index is 12.2. The lowest BCUT2D eigenvalue weighted by Crippen LogP contribution is -2.57. The molecule has 1 atom stereocenters. The van der Waals surface area contributed by atoms with E-state index in [2.05, 4.69) is 15.5 Å². The molecule has 0 spiro atoms. The Morgan fingerprint density at radius 2 is 2.17 bits per heavy atom. The number of amides is 1. The average molecular weight is 271 g/mol. The summed E-state index contributed by atoms with van der Waals surface area (Å²) in [7, 11) is 0. The monoisotopic (exact) mass is 271 g/mol. The topological polar surface area (TPSA) is 44.4 Å². The van der Waals surface area contributed by atoms with Gasteiger partial charge in [-0.15, -0.1) is 0 Å². The van der Waals surface area contributed by atoms with Gasteiger partial charge in [0.15, 0.2) is 0 Å². The molecule has 4 nitrogen and oxygen atoms in total. The molecule has 2 fully saturated rings. The van der Waals surface area contributed by atoms with Crippen molar-refractivity contribution in [3.05, 3.63) is 0 Å². The van der Waals surface area contributed by atoms with Crippen LogP contribution in [0.2, 0.25) is 0 Å². The Balaban J connectivity index is 1.67. The van der Waals surface area contributed by atoms with Gasteiger partial charge in [0.05, 0.1) is 5.54 Å². The molecule has 0 radical (unpaired) electrons. The van der Waals surface area contributed by atoms with Crippen molar-refractivity contribution in [3.8, 4) is 0 Å². The van der Waals surface area contributed by atoms with E-state index in [0.717, 1.165) is 45.6 Å². The quantitative estimate of drug-likeness (QED) is 0.789. The smallest absolute Gasteiger partial charge is 0.240 e. The fraction of sp³-hybridized carbons (Fsp3) is 0.923. The highest BCUT2D eigenvalue weighted by Crippen LogP contribution is 2.18. The van der Waals surface area contributed by atoms with Crippen LogP contribution in [0.4, 0.5) is 0 Å². The minimum absolute atomic E-state index is 0.175. The SMILES string of the molecule is CC1(C(=O)NCCN2CCSCC2)CCCCN1. The molecule has 0 aromatic carbocycles. The van der Waals surface area contributed by atoms with E-state index in [-0.39, 0.29) is 11.4 Å². The molecule has 2 aliphatic rings. The predicted octanol–water partition coefficient (Wildman–Crippen LogP) is 0.684. The summed E-state index contributed by atoms with van der Waals surface area (Å²) in [6, 6.07) is 0. The van der Waals surface area contributed by atoms with Gasteiger partial charge in [-0.1, -0.05) is 0 Å². The number of carbonyl (C=O) groups is 1. The van der Waals surface area contributed by atoms with E-state index in [1.165, 1.54) is 17.9 Å². The summed E-state index contributed by atoms with van der Waals surface area (Å²) in [6.45, 7) is 7.08. The molecule has 2 aliphatic heterocycles. The predicted molar refractivity (Wildman–Crippen MR) is 77.0 cm³/mol. The minimum atomic E-state index is -0.337. The number of carbonyl (C=O) groups excluding carboxylic acids is 1. The van der Waals surface area contributed by atoms with E-state index in [1.807, 2.05) is 18.7 Å². The Kier molecular flexibility index (Phi) is 5.33. The lowest BCUT2D eigenvalue weighted by atomic mass is 9.90. The Morgan fingerprint density at radius 1 is 1.39 bits per heavy atom. The minimum Gasteiger partial charge on any atom is -0.353 e. The van der Waals surface area contributed by atoms with Gasteiger partial charge in [-0.3, -0.25) is 9.69 Å². The summed E-state index contributed by atoms with van der Waals surface area (Å²) in [5.41, 5.74) is -0.337. The van der Waals surface area contributed by atoms with Gasteiger partial charge < -0.3 is 10.6 Å². The molecule has 0 saturated carbocycles. The second-order valence-electron chi connectivity index (χ2n) is 5.43. The van der Waals surface area contributed by atoms with E-state index >= 15 is 0 Å². The van der Waals surface area contributed by atoms with E-state index in [1.54, 1.807) is 0 Å². The Morgan fingerprint density at radius 3 is 2.83 bits per heavy atom. The summed E-state index contributed by atoms with van der Waals surface area (Å²) < 4.78 is 0. The van der Waals surface area contributed by atoms with E-state index < -0.39 is 0 Å². The first-order valence-electron chi connectivity index (χ1n) is 7.04. The zero-order valence-corrected chi connectivity index (χ0v) is 12.2. The third-order valence-electron chi connectivity index (χ3n) is 3.94. The Hall–Kier alpha value is -0.260. The molecule has 2 N–H and O–H groups in total. The van der Waals surface area contributed by atoms with Crippen LogP contribution in [-0.2, 0) is 4.79 Å². The van der Waals surface area contributed by atoms with Gasteiger partial charge in [-0.25, -0.2) is 0 Å². The number of thioether (sulfide) groups is 1. The van der Waals surface area contributed by atoms with Gasteiger partial charge in [0.1, 0.15) is 0 Å².